The molecular formula is C25H28N4O3S. The van der Waals surface area contributed by atoms with Gasteiger partial charge >= 0.3 is 5.97 Å². The molecule has 4 rings (SSSR count). The van der Waals surface area contributed by atoms with Crippen LogP contribution in [0.2, 0.25) is 0 Å². The van der Waals surface area contributed by atoms with E-state index in [0.29, 0.717) is 23.6 Å². The molecule has 2 atom stereocenters. The summed E-state index contributed by atoms with van der Waals surface area (Å²) in [5.41, 5.74) is 5.53. The van der Waals surface area contributed by atoms with Crippen molar-refractivity contribution in [1.29, 1.82) is 0 Å². The molecule has 1 aliphatic rings. The molecule has 2 aromatic heterocycles. The van der Waals surface area contributed by atoms with Crippen molar-refractivity contribution < 1.29 is 14.6 Å². The Morgan fingerprint density at radius 1 is 1.21 bits per heavy atom. The highest BCUT2D eigenvalue weighted by Crippen LogP contribution is 2.41. The second-order valence-corrected chi connectivity index (χ2v) is 8.49. The number of carbonyl (C=O) groups excluding carboxylic acids is 1. The van der Waals surface area contributed by atoms with Crippen molar-refractivity contribution in [3.8, 4) is 5.69 Å². The van der Waals surface area contributed by atoms with Crippen LogP contribution in [-0.4, -0.2) is 50.9 Å². The number of aromatic nitrogens is 2. The number of hydrogen-bond acceptors (Lipinski definition) is 5. The summed E-state index contributed by atoms with van der Waals surface area (Å²) in [7, 11) is 1.38. The Balaban J connectivity index is 1.81. The Bertz CT molecular complexity index is 1160. The molecule has 0 unspecified atom stereocenters. The molecule has 3 heterocycles. The highest BCUT2D eigenvalue weighted by molar-refractivity contribution is 7.80. The Morgan fingerprint density at radius 3 is 2.73 bits per heavy atom. The van der Waals surface area contributed by atoms with E-state index < -0.39 is 0 Å². The number of carbonyl (C=O) groups is 1. The molecule has 1 fully saturated rings. The summed E-state index contributed by atoms with van der Waals surface area (Å²) >= 11 is 5.69. The van der Waals surface area contributed by atoms with Crippen LogP contribution >= 0.6 is 12.2 Å². The molecule has 0 saturated carbocycles. The number of methoxy groups -OCH3 is 1. The maximum absolute atomic E-state index is 12.1. The van der Waals surface area contributed by atoms with Gasteiger partial charge in [-0.15, -0.1) is 0 Å². The number of nitrogens with zero attached hydrogens (tertiary/aromatic N) is 3. The molecule has 0 spiro atoms. The first kappa shape index (κ1) is 22.9. The minimum absolute atomic E-state index is 0.0808. The number of aliphatic hydroxyl groups excluding tert-OH is 1. The van der Waals surface area contributed by atoms with Gasteiger partial charge in [-0.2, -0.15) is 0 Å². The predicted octanol–water partition coefficient (Wildman–Crippen LogP) is 3.63. The van der Waals surface area contributed by atoms with Crippen molar-refractivity contribution in [3.63, 3.8) is 0 Å². The van der Waals surface area contributed by atoms with Crippen molar-refractivity contribution in [2.75, 3.05) is 20.3 Å². The fourth-order valence-electron chi connectivity index (χ4n) is 4.60. The SMILES string of the molecule is COC(=O)c1cccc(-n2c(C)cc([C@H]3[C@@H](c4ccccn4)NC(=S)N3CCCO)c2C)c1. The van der Waals surface area contributed by atoms with E-state index in [9.17, 15) is 9.90 Å². The van der Waals surface area contributed by atoms with Crippen LogP contribution in [0.3, 0.4) is 0 Å². The van der Waals surface area contributed by atoms with Crippen LogP contribution in [-0.2, 0) is 4.74 Å². The molecular weight excluding hydrogens is 436 g/mol. The highest BCUT2D eigenvalue weighted by atomic mass is 32.1. The minimum atomic E-state index is -0.365. The van der Waals surface area contributed by atoms with Gasteiger partial charge in [0.2, 0.25) is 0 Å². The lowest BCUT2D eigenvalue weighted by molar-refractivity contribution is 0.0600. The monoisotopic (exact) mass is 464 g/mol. The molecule has 7 nitrogen and oxygen atoms in total. The van der Waals surface area contributed by atoms with Gasteiger partial charge in [-0.1, -0.05) is 12.1 Å². The third-order valence-corrected chi connectivity index (χ3v) is 6.42. The largest absolute Gasteiger partial charge is 0.465 e. The number of hydrogen-bond donors (Lipinski definition) is 2. The summed E-state index contributed by atoms with van der Waals surface area (Å²) in [6, 6.07) is 15.3. The van der Waals surface area contributed by atoms with Crippen LogP contribution in [0.5, 0.6) is 0 Å². The van der Waals surface area contributed by atoms with Gasteiger partial charge in [0.15, 0.2) is 5.11 Å². The van der Waals surface area contributed by atoms with Crippen LogP contribution < -0.4 is 5.32 Å². The number of rotatable bonds is 7. The van der Waals surface area contributed by atoms with E-state index in [-0.39, 0.29) is 24.7 Å². The fourth-order valence-corrected chi connectivity index (χ4v) is 4.93. The van der Waals surface area contributed by atoms with Crippen molar-refractivity contribution >= 4 is 23.3 Å². The molecule has 0 aliphatic carbocycles. The highest BCUT2D eigenvalue weighted by Gasteiger charge is 2.41. The number of esters is 1. The fraction of sp³-hybridized carbons (Fsp3) is 0.320. The number of ether oxygens (including phenoxy) is 1. The van der Waals surface area contributed by atoms with Crippen LogP contribution in [0.1, 0.15) is 51.5 Å². The molecule has 1 aromatic carbocycles. The van der Waals surface area contributed by atoms with Gasteiger partial charge in [0.05, 0.1) is 30.5 Å². The van der Waals surface area contributed by atoms with Crippen LogP contribution in [0, 0.1) is 13.8 Å². The normalized spacial score (nSPS) is 17.8. The van der Waals surface area contributed by atoms with Gasteiger partial charge in [0.1, 0.15) is 0 Å². The van der Waals surface area contributed by atoms with E-state index >= 15 is 0 Å². The molecule has 172 valence electrons. The van der Waals surface area contributed by atoms with Gasteiger partial charge in [-0.3, -0.25) is 4.98 Å². The van der Waals surface area contributed by atoms with E-state index in [0.717, 1.165) is 28.3 Å². The molecule has 33 heavy (non-hydrogen) atoms. The van der Waals surface area contributed by atoms with Crippen LogP contribution in [0.25, 0.3) is 5.69 Å². The molecule has 0 amide bonds. The average Bonchev–Trinajstić information content (AvgIpc) is 3.32. The van der Waals surface area contributed by atoms with Crippen molar-refractivity contribution in [2.24, 2.45) is 0 Å². The van der Waals surface area contributed by atoms with Gasteiger partial charge in [-0.05, 0) is 74.4 Å². The minimum Gasteiger partial charge on any atom is -0.465 e. The summed E-state index contributed by atoms with van der Waals surface area (Å²) in [5.74, 6) is -0.365. The average molecular weight is 465 g/mol. The van der Waals surface area contributed by atoms with Gasteiger partial charge in [0.25, 0.3) is 0 Å². The zero-order valence-corrected chi connectivity index (χ0v) is 19.8. The molecule has 1 aliphatic heterocycles. The maximum atomic E-state index is 12.1. The molecule has 2 N–H and O–H groups in total. The molecule has 3 aromatic rings. The second-order valence-electron chi connectivity index (χ2n) is 8.10. The van der Waals surface area contributed by atoms with Gasteiger partial charge < -0.3 is 24.6 Å². The standard InChI is InChI=1S/C25H28N4O3S/c1-16-14-20(17(2)29(16)19-9-6-8-18(15-19)24(31)32-3)23-22(21-10-4-5-11-26-21)27-25(33)28(23)12-7-13-30/h4-6,8-11,14-15,22-23,30H,7,12-13H2,1-3H3,(H,27,33)/t22-,23+/m1/s1. The summed E-state index contributed by atoms with van der Waals surface area (Å²) in [6.07, 6.45) is 2.41. The van der Waals surface area contributed by atoms with E-state index in [1.165, 1.54) is 7.11 Å². The smallest absolute Gasteiger partial charge is 0.337 e. The lowest BCUT2D eigenvalue weighted by Crippen LogP contribution is -2.31. The molecule has 1 saturated heterocycles. The third kappa shape index (κ3) is 4.36. The van der Waals surface area contributed by atoms with Gasteiger partial charge in [-0.25, -0.2) is 4.79 Å². The Hall–Kier alpha value is -3.23. The Kier molecular flexibility index (Phi) is 6.76. The van der Waals surface area contributed by atoms with E-state index in [1.54, 1.807) is 12.3 Å². The summed E-state index contributed by atoms with van der Waals surface area (Å²) in [5, 5.41) is 13.6. The van der Waals surface area contributed by atoms with E-state index in [1.807, 2.05) is 36.4 Å². The molecule has 8 heteroatoms. The first-order valence-corrected chi connectivity index (χ1v) is 11.3. The second kappa shape index (κ2) is 9.72. The van der Waals surface area contributed by atoms with Crippen LogP contribution in [0.15, 0.2) is 54.7 Å². The number of aryl methyl sites for hydroxylation is 1. The molecule has 0 radical (unpaired) electrons. The topological polar surface area (TPSA) is 79.6 Å². The number of aliphatic hydroxyl groups is 1. The zero-order chi connectivity index (χ0) is 23.5. The number of pyridine rings is 1. The quantitative estimate of drug-likeness (QED) is 0.408. The lowest BCUT2D eigenvalue weighted by atomic mass is 9.96. The van der Waals surface area contributed by atoms with E-state index in [2.05, 4.69) is 39.7 Å². The predicted molar refractivity (Wildman–Crippen MR) is 130 cm³/mol. The summed E-state index contributed by atoms with van der Waals surface area (Å²) < 4.78 is 7.04. The van der Waals surface area contributed by atoms with Crippen LogP contribution in [0.4, 0.5) is 0 Å². The number of thiocarbonyl (C=S) groups is 1. The van der Waals surface area contributed by atoms with Crippen molar-refractivity contribution in [1.82, 2.24) is 19.8 Å². The first-order chi connectivity index (χ1) is 16.0. The number of nitrogens with one attached hydrogen (secondary N) is 1. The van der Waals surface area contributed by atoms with Crippen molar-refractivity contribution in [3.05, 3.63) is 82.9 Å². The van der Waals surface area contributed by atoms with Gasteiger partial charge in [0, 0.05) is 36.4 Å². The first-order valence-electron chi connectivity index (χ1n) is 10.9. The molecule has 0 bridgehead atoms. The summed E-state index contributed by atoms with van der Waals surface area (Å²) in [4.78, 5) is 18.8. The third-order valence-electron chi connectivity index (χ3n) is 6.07. The Morgan fingerprint density at radius 2 is 2.03 bits per heavy atom. The lowest BCUT2D eigenvalue weighted by Gasteiger charge is -2.28. The summed E-state index contributed by atoms with van der Waals surface area (Å²) in [6.45, 7) is 4.86. The van der Waals surface area contributed by atoms with E-state index in [4.69, 9.17) is 17.0 Å². The zero-order valence-electron chi connectivity index (χ0n) is 19.0. The van der Waals surface area contributed by atoms with Crippen molar-refractivity contribution in [2.45, 2.75) is 32.4 Å². The number of benzene rings is 1. The Labute approximate surface area is 199 Å². The maximum Gasteiger partial charge on any atom is 0.337 e.